The third kappa shape index (κ3) is 4.41. The Morgan fingerprint density at radius 1 is 1.43 bits per heavy atom. The molecule has 23 heavy (non-hydrogen) atoms. The quantitative estimate of drug-likeness (QED) is 0.610. The molecule has 2 atom stereocenters. The van der Waals surface area contributed by atoms with E-state index < -0.39 is 0 Å². The van der Waals surface area contributed by atoms with Gasteiger partial charge in [0.2, 0.25) is 5.91 Å². The van der Waals surface area contributed by atoms with Crippen LogP contribution in [-0.4, -0.2) is 31.5 Å². The normalized spacial score (nSPS) is 19.1. The molecule has 1 aliphatic rings. The highest BCUT2D eigenvalue weighted by Crippen LogP contribution is 2.39. The van der Waals surface area contributed by atoms with Gasteiger partial charge in [-0.2, -0.15) is 0 Å². The SMILES string of the molecule is C[C@H](NC(=O)CCCCC1CCSS1)c1nnc2ccccn12. The predicted molar refractivity (Wildman–Crippen MR) is 96.5 cm³/mol. The highest BCUT2D eigenvalue weighted by Gasteiger charge is 2.17. The molecule has 1 amide bonds. The zero-order valence-corrected chi connectivity index (χ0v) is 14.9. The monoisotopic (exact) mass is 350 g/mol. The summed E-state index contributed by atoms with van der Waals surface area (Å²) < 4.78 is 1.92. The molecule has 1 aliphatic heterocycles. The molecular formula is C16H22N4OS2. The number of fused-ring (bicyclic) bond motifs is 1. The number of pyridine rings is 1. The van der Waals surface area contributed by atoms with Gasteiger partial charge in [0, 0.05) is 23.6 Å². The summed E-state index contributed by atoms with van der Waals surface area (Å²) in [5, 5.41) is 12.1. The van der Waals surface area contributed by atoms with Crippen molar-refractivity contribution in [3.8, 4) is 0 Å². The average Bonchev–Trinajstić information content (AvgIpc) is 3.21. The lowest BCUT2D eigenvalue weighted by atomic mass is 10.1. The zero-order chi connectivity index (χ0) is 16.1. The van der Waals surface area contributed by atoms with Crippen LogP contribution >= 0.6 is 21.6 Å². The molecule has 1 N–H and O–H groups in total. The standard InChI is InChI=1S/C16H22N4OS2/c1-12(16-19-18-14-7-4-5-10-20(14)16)17-15(21)8-3-2-6-13-9-11-22-23-13/h4-5,7,10,12-13H,2-3,6,8-9,11H2,1H3,(H,17,21)/t12-,13?/m0/s1. The van der Waals surface area contributed by atoms with Crippen LogP contribution in [0.1, 0.15) is 50.9 Å². The Kier molecular flexibility index (Phi) is 5.83. The summed E-state index contributed by atoms with van der Waals surface area (Å²) in [6.45, 7) is 1.95. The van der Waals surface area contributed by atoms with E-state index >= 15 is 0 Å². The topological polar surface area (TPSA) is 59.3 Å². The van der Waals surface area contributed by atoms with E-state index in [-0.39, 0.29) is 11.9 Å². The van der Waals surface area contributed by atoms with Crippen LogP contribution in [-0.2, 0) is 4.79 Å². The van der Waals surface area contributed by atoms with Gasteiger partial charge in [0.15, 0.2) is 11.5 Å². The maximum atomic E-state index is 12.1. The summed E-state index contributed by atoms with van der Waals surface area (Å²) in [7, 11) is 3.99. The van der Waals surface area contributed by atoms with Crippen LogP contribution < -0.4 is 5.32 Å². The van der Waals surface area contributed by atoms with Gasteiger partial charge in [-0.25, -0.2) is 0 Å². The van der Waals surface area contributed by atoms with Crippen molar-refractivity contribution in [2.24, 2.45) is 0 Å². The van der Waals surface area contributed by atoms with E-state index in [4.69, 9.17) is 0 Å². The van der Waals surface area contributed by atoms with Crippen LogP contribution in [0, 0.1) is 0 Å². The number of unbranched alkanes of at least 4 members (excludes halogenated alkanes) is 1. The fourth-order valence-corrected chi connectivity index (χ4v) is 5.78. The number of amides is 1. The van der Waals surface area contributed by atoms with E-state index in [1.54, 1.807) is 0 Å². The highest BCUT2D eigenvalue weighted by molar-refractivity contribution is 8.77. The van der Waals surface area contributed by atoms with Crippen molar-refractivity contribution in [3.05, 3.63) is 30.2 Å². The number of hydrogen-bond donors (Lipinski definition) is 1. The molecule has 2 aromatic heterocycles. The molecule has 2 aromatic rings. The van der Waals surface area contributed by atoms with Crippen LogP contribution in [0.5, 0.6) is 0 Å². The minimum Gasteiger partial charge on any atom is -0.346 e. The smallest absolute Gasteiger partial charge is 0.220 e. The molecule has 1 unspecified atom stereocenters. The Morgan fingerprint density at radius 2 is 2.35 bits per heavy atom. The van der Waals surface area contributed by atoms with Gasteiger partial charge >= 0.3 is 0 Å². The summed E-state index contributed by atoms with van der Waals surface area (Å²) in [5.74, 6) is 2.14. The molecule has 7 heteroatoms. The molecule has 124 valence electrons. The zero-order valence-electron chi connectivity index (χ0n) is 13.3. The lowest BCUT2D eigenvalue weighted by Gasteiger charge is -2.12. The fourth-order valence-electron chi connectivity index (χ4n) is 2.76. The van der Waals surface area contributed by atoms with Crippen molar-refractivity contribution in [3.63, 3.8) is 0 Å². The van der Waals surface area contributed by atoms with Crippen LogP contribution in [0.2, 0.25) is 0 Å². The minimum absolute atomic E-state index is 0.0960. The minimum atomic E-state index is -0.137. The van der Waals surface area contributed by atoms with Crippen LogP contribution in [0.3, 0.4) is 0 Å². The maximum absolute atomic E-state index is 12.1. The number of nitrogens with zero attached hydrogens (tertiary/aromatic N) is 3. The van der Waals surface area contributed by atoms with E-state index in [1.807, 2.05) is 57.3 Å². The molecule has 1 fully saturated rings. The third-order valence-electron chi connectivity index (χ3n) is 4.01. The Bertz CT molecular complexity index is 654. The lowest BCUT2D eigenvalue weighted by molar-refractivity contribution is -0.121. The largest absolute Gasteiger partial charge is 0.346 e. The molecule has 0 radical (unpaired) electrons. The summed E-state index contributed by atoms with van der Waals surface area (Å²) in [6, 6.07) is 5.64. The van der Waals surface area contributed by atoms with Gasteiger partial charge in [0.1, 0.15) is 0 Å². The first-order valence-electron chi connectivity index (χ1n) is 8.11. The van der Waals surface area contributed by atoms with Crippen LogP contribution in [0.15, 0.2) is 24.4 Å². The van der Waals surface area contributed by atoms with Crippen molar-refractivity contribution < 1.29 is 4.79 Å². The molecule has 5 nitrogen and oxygen atoms in total. The second-order valence-corrected chi connectivity index (χ2v) is 8.64. The second-order valence-electron chi connectivity index (χ2n) is 5.85. The first kappa shape index (κ1) is 16.6. The average molecular weight is 351 g/mol. The molecule has 0 aromatic carbocycles. The number of rotatable bonds is 7. The summed E-state index contributed by atoms with van der Waals surface area (Å²) in [6.07, 6.45) is 7.15. The van der Waals surface area contributed by atoms with Gasteiger partial charge in [0.05, 0.1) is 6.04 Å². The van der Waals surface area contributed by atoms with Crippen molar-refractivity contribution >= 4 is 33.1 Å². The summed E-state index contributed by atoms with van der Waals surface area (Å²) >= 11 is 0. The second kappa shape index (κ2) is 8.06. The van der Waals surface area contributed by atoms with Crippen molar-refractivity contribution in [1.82, 2.24) is 19.9 Å². The van der Waals surface area contributed by atoms with Crippen LogP contribution in [0.25, 0.3) is 5.65 Å². The molecule has 0 saturated carbocycles. The lowest BCUT2D eigenvalue weighted by Crippen LogP contribution is -2.27. The Balaban J connectivity index is 1.43. The van der Waals surface area contributed by atoms with Crippen LogP contribution in [0.4, 0.5) is 0 Å². The predicted octanol–water partition coefficient (Wildman–Crippen LogP) is 3.62. The summed E-state index contributed by atoms with van der Waals surface area (Å²) in [5.41, 5.74) is 0.801. The highest BCUT2D eigenvalue weighted by atomic mass is 33.1. The van der Waals surface area contributed by atoms with E-state index in [0.29, 0.717) is 6.42 Å². The van der Waals surface area contributed by atoms with E-state index in [0.717, 1.165) is 29.6 Å². The fraction of sp³-hybridized carbons (Fsp3) is 0.562. The van der Waals surface area contributed by atoms with Gasteiger partial charge in [-0.3, -0.25) is 9.20 Å². The Morgan fingerprint density at radius 3 is 3.17 bits per heavy atom. The van der Waals surface area contributed by atoms with Crippen molar-refractivity contribution in [2.45, 2.75) is 50.3 Å². The Labute approximate surface area is 144 Å². The van der Waals surface area contributed by atoms with Gasteiger partial charge in [-0.05, 0) is 38.3 Å². The van der Waals surface area contributed by atoms with Gasteiger partial charge in [0.25, 0.3) is 0 Å². The first-order valence-corrected chi connectivity index (χ1v) is 10.5. The molecule has 1 saturated heterocycles. The number of aromatic nitrogens is 3. The maximum Gasteiger partial charge on any atom is 0.220 e. The van der Waals surface area contributed by atoms with Gasteiger partial charge in [-0.15, -0.1) is 10.2 Å². The summed E-state index contributed by atoms with van der Waals surface area (Å²) in [4.78, 5) is 12.1. The molecule has 3 rings (SSSR count). The first-order chi connectivity index (χ1) is 11.2. The molecule has 0 aliphatic carbocycles. The van der Waals surface area contributed by atoms with E-state index in [1.165, 1.54) is 18.6 Å². The molecule has 0 spiro atoms. The van der Waals surface area contributed by atoms with Gasteiger partial charge < -0.3 is 5.32 Å². The number of nitrogens with one attached hydrogen (secondary N) is 1. The number of carbonyl (C=O) groups excluding carboxylic acids is 1. The van der Waals surface area contributed by atoms with Crippen molar-refractivity contribution in [1.29, 1.82) is 0 Å². The number of carbonyl (C=O) groups is 1. The van der Waals surface area contributed by atoms with E-state index in [9.17, 15) is 4.79 Å². The molecule has 0 bridgehead atoms. The Hall–Kier alpha value is -1.21. The van der Waals surface area contributed by atoms with Crippen molar-refractivity contribution in [2.75, 3.05) is 5.75 Å². The third-order valence-corrected chi connectivity index (χ3v) is 7.02. The molecule has 3 heterocycles. The number of hydrogen-bond acceptors (Lipinski definition) is 5. The van der Waals surface area contributed by atoms with E-state index in [2.05, 4.69) is 15.5 Å². The molecular weight excluding hydrogens is 328 g/mol. The van der Waals surface area contributed by atoms with Gasteiger partial charge in [-0.1, -0.05) is 34.1 Å².